The standard InChI is InChI=1S/C12H20O/c1-5-9(2)10-6-11(13)8-12(3,4)7-10/h6,9H,5,7-8H2,1-4H3. The highest BCUT2D eigenvalue weighted by Crippen LogP contribution is 2.37. The first-order chi connectivity index (χ1) is 5.94. The number of ketones is 1. The van der Waals surface area contributed by atoms with Gasteiger partial charge in [-0.05, 0) is 30.3 Å². The summed E-state index contributed by atoms with van der Waals surface area (Å²) in [6, 6.07) is 0. The van der Waals surface area contributed by atoms with E-state index in [0.29, 0.717) is 18.1 Å². The number of hydrogen-bond donors (Lipinski definition) is 0. The first-order valence-electron chi connectivity index (χ1n) is 5.18. The summed E-state index contributed by atoms with van der Waals surface area (Å²) >= 11 is 0. The highest BCUT2D eigenvalue weighted by atomic mass is 16.1. The Morgan fingerprint density at radius 3 is 2.54 bits per heavy atom. The Kier molecular flexibility index (Phi) is 2.94. The van der Waals surface area contributed by atoms with Crippen molar-refractivity contribution in [3.63, 3.8) is 0 Å². The minimum atomic E-state index is 0.185. The molecule has 0 saturated carbocycles. The van der Waals surface area contributed by atoms with E-state index in [1.54, 1.807) is 0 Å². The van der Waals surface area contributed by atoms with E-state index in [1.165, 1.54) is 5.57 Å². The molecular weight excluding hydrogens is 160 g/mol. The van der Waals surface area contributed by atoms with E-state index in [0.717, 1.165) is 12.8 Å². The maximum Gasteiger partial charge on any atom is 0.156 e. The number of hydrogen-bond acceptors (Lipinski definition) is 1. The average Bonchev–Trinajstić information content (AvgIpc) is 1.99. The normalized spacial score (nSPS) is 24.0. The molecule has 13 heavy (non-hydrogen) atoms. The molecule has 1 aliphatic rings. The zero-order chi connectivity index (χ0) is 10.1. The van der Waals surface area contributed by atoms with E-state index in [2.05, 4.69) is 27.7 Å². The predicted octanol–water partition coefficient (Wildman–Crippen LogP) is 3.35. The van der Waals surface area contributed by atoms with Crippen molar-refractivity contribution in [1.29, 1.82) is 0 Å². The first-order valence-corrected chi connectivity index (χ1v) is 5.18. The zero-order valence-electron chi connectivity index (χ0n) is 9.18. The third kappa shape index (κ3) is 2.68. The van der Waals surface area contributed by atoms with Crippen molar-refractivity contribution in [3.05, 3.63) is 11.6 Å². The minimum absolute atomic E-state index is 0.185. The molecule has 1 rings (SSSR count). The van der Waals surface area contributed by atoms with Crippen LogP contribution in [0.5, 0.6) is 0 Å². The van der Waals surface area contributed by atoms with Crippen LogP contribution in [0.1, 0.15) is 47.0 Å². The van der Waals surface area contributed by atoms with Crippen LogP contribution in [0.25, 0.3) is 0 Å². The van der Waals surface area contributed by atoms with Crippen molar-refractivity contribution in [2.75, 3.05) is 0 Å². The lowest BCUT2D eigenvalue weighted by Crippen LogP contribution is -2.23. The minimum Gasteiger partial charge on any atom is -0.295 e. The van der Waals surface area contributed by atoms with Crippen LogP contribution < -0.4 is 0 Å². The first kappa shape index (κ1) is 10.5. The summed E-state index contributed by atoms with van der Waals surface area (Å²) < 4.78 is 0. The van der Waals surface area contributed by atoms with Crippen LogP contribution >= 0.6 is 0 Å². The van der Waals surface area contributed by atoms with Gasteiger partial charge in [0.05, 0.1) is 0 Å². The van der Waals surface area contributed by atoms with Crippen LogP contribution in [0.4, 0.5) is 0 Å². The van der Waals surface area contributed by atoms with Crippen LogP contribution in [0, 0.1) is 11.3 Å². The Balaban J connectivity index is 2.81. The lowest BCUT2D eigenvalue weighted by atomic mass is 9.73. The van der Waals surface area contributed by atoms with Crippen molar-refractivity contribution >= 4 is 5.78 Å². The van der Waals surface area contributed by atoms with Gasteiger partial charge in [0.15, 0.2) is 5.78 Å². The van der Waals surface area contributed by atoms with Gasteiger partial charge in [0.25, 0.3) is 0 Å². The van der Waals surface area contributed by atoms with Crippen LogP contribution in [-0.2, 0) is 4.79 Å². The number of rotatable bonds is 2. The molecule has 0 aromatic heterocycles. The molecule has 0 aromatic carbocycles. The van der Waals surface area contributed by atoms with E-state index in [-0.39, 0.29) is 5.41 Å². The lowest BCUT2D eigenvalue weighted by Gasteiger charge is -2.31. The fourth-order valence-electron chi connectivity index (χ4n) is 1.97. The number of allylic oxidation sites excluding steroid dienone is 2. The summed E-state index contributed by atoms with van der Waals surface area (Å²) in [5.74, 6) is 0.884. The fraction of sp³-hybridized carbons (Fsp3) is 0.750. The van der Waals surface area contributed by atoms with Crippen molar-refractivity contribution in [3.8, 4) is 0 Å². The van der Waals surface area contributed by atoms with Gasteiger partial charge >= 0.3 is 0 Å². The molecular formula is C12H20O. The largest absolute Gasteiger partial charge is 0.295 e. The molecule has 0 fully saturated rings. The molecule has 1 atom stereocenters. The maximum absolute atomic E-state index is 11.4. The van der Waals surface area contributed by atoms with Crippen molar-refractivity contribution in [2.45, 2.75) is 47.0 Å². The lowest BCUT2D eigenvalue weighted by molar-refractivity contribution is -0.117. The van der Waals surface area contributed by atoms with Gasteiger partial charge in [-0.1, -0.05) is 33.3 Å². The molecule has 0 spiro atoms. The maximum atomic E-state index is 11.4. The Bertz CT molecular complexity index is 236. The van der Waals surface area contributed by atoms with E-state index in [9.17, 15) is 4.79 Å². The molecule has 1 aliphatic carbocycles. The molecule has 1 heteroatoms. The van der Waals surface area contributed by atoms with E-state index >= 15 is 0 Å². The monoisotopic (exact) mass is 180 g/mol. The Morgan fingerprint density at radius 2 is 2.08 bits per heavy atom. The second-order valence-corrected chi connectivity index (χ2v) is 5.01. The molecule has 0 amide bonds. The van der Waals surface area contributed by atoms with Gasteiger partial charge in [-0.25, -0.2) is 0 Å². The molecule has 74 valence electrons. The fourth-order valence-corrected chi connectivity index (χ4v) is 1.97. The van der Waals surface area contributed by atoms with E-state index < -0.39 is 0 Å². The molecule has 0 bridgehead atoms. The smallest absolute Gasteiger partial charge is 0.156 e. The van der Waals surface area contributed by atoms with Gasteiger partial charge in [0, 0.05) is 6.42 Å². The summed E-state index contributed by atoms with van der Waals surface area (Å²) in [6.45, 7) is 8.75. The predicted molar refractivity (Wildman–Crippen MR) is 55.6 cm³/mol. The van der Waals surface area contributed by atoms with Gasteiger partial charge in [-0.15, -0.1) is 0 Å². The Labute approximate surface area is 81.2 Å². The third-order valence-electron chi connectivity index (χ3n) is 2.93. The van der Waals surface area contributed by atoms with Gasteiger partial charge in [0.1, 0.15) is 0 Å². The number of carbonyl (C=O) groups excluding carboxylic acids is 1. The summed E-state index contributed by atoms with van der Waals surface area (Å²) in [7, 11) is 0. The van der Waals surface area contributed by atoms with Crippen LogP contribution in [0.15, 0.2) is 11.6 Å². The van der Waals surface area contributed by atoms with Gasteiger partial charge in [-0.3, -0.25) is 4.79 Å². The average molecular weight is 180 g/mol. The molecule has 0 aliphatic heterocycles. The Hall–Kier alpha value is -0.590. The van der Waals surface area contributed by atoms with Gasteiger partial charge in [0.2, 0.25) is 0 Å². The van der Waals surface area contributed by atoms with Gasteiger partial charge < -0.3 is 0 Å². The summed E-state index contributed by atoms with van der Waals surface area (Å²) in [4.78, 5) is 11.4. The molecule has 0 saturated heterocycles. The summed E-state index contributed by atoms with van der Waals surface area (Å²) in [6.07, 6.45) is 4.81. The second-order valence-electron chi connectivity index (χ2n) is 5.01. The van der Waals surface area contributed by atoms with Crippen molar-refractivity contribution in [1.82, 2.24) is 0 Å². The molecule has 0 aromatic rings. The number of carbonyl (C=O) groups is 1. The quantitative estimate of drug-likeness (QED) is 0.637. The molecule has 0 radical (unpaired) electrons. The topological polar surface area (TPSA) is 17.1 Å². The third-order valence-corrected chi connectivity index (χ3v) is 2.93. The van der Waals surface area contributed by atoms with Crippen molar-refractivity contribution in [2.24, 2.45) is 11.3 Å². The SMILES string of the molecule is CCC(C)C1=CC(=O)CC(C)(C)C1. The van der Waals surface area contributed by atoms with Crippen molar-refractivity contribution < 1.29 is 4.79 Å². The second kappa shape index (κ2) is 3.65. The van der Waals surface area contributed by atoms with E-state index in [1.807, 2.05) is 6.08 Å². The molecule has 0 N–H and O–H groups in total. The van der Waals surface area contributed by atoms with E-state index in [4.69, 9.17) is 0 Å². The highest BCUT2D eigenvalue weighted by molar-refractivity contribution is 5.91. The van der Waals surface area contributed by atoms with Crippen LogP contribution in [0.3, 0.4) is 0 Å². The summed E-state index contributed by atoms with van der Waals surface area (Å²) in [5, 5.41) is 0. The van der Waals surface area contributed by atoms with Gasteiger partial charge in [-0.2, -0.15) is 0 Å². The molecule has 1 nitrogen and oxygen atoms in total. The summed E-state index contributed by atoms with van der Waals surface area (Å²) in [5.41, 5.74) is 1.54. The van der Waals surface area contributed by atoms with Crippen LogP contribution in [0.2, 0.25) is 0 Å². The molecule has 0 heterocycles. The highest BCUT2D eigenvalue weighted by Gasteiger charge is 2.28. The Morgan fingerprint density at radius 1 is 1.46 bits per heavy atom. The molecule has 1 unspecified atom stereocenters. The zero-order valence-corrected chi connectivity index (χ0v) is 9.18. The van der Waals surface area contributed by atoms with Crippen LogP contribution in [-0.4, -0.2) is 5.78 Å².